The van der Waals surface area contributed by atoms with Crippen LogP contribution in [0, 0.1) is 0 Å². The number of hydrogen-bond acceptors (Lipinski definition) is 3. The van der Waals surface area contributed by atoms with Crippen molar-refractivity contribution in [1.82, 2.24) is 10.3 Å². The highest BCUT2D eigenvalue weighted by molar-refractivity contribution is 7.07. The van der Waals surface area contributed by atoms with Crippen molar-refractivity contribution in [3.05, 3.63) is 20.7 Å². The zero-order chi connectivity index (χ0) is 8.39. The quantitative estimate of drug-likeness (QED) is 0.738. The van der Waals surface area contributed by atoms with Crippen LogP contribution >= 0.6 is 11.3 Å². The second-order valence-electron chi connectivity index (χ2n) is 3.18. The van der Waals surface area contributed by atoms with Crippen LogP contribution in [0.25, 0.3) is 0 Å². The first-order valence-corrected chi connectivity index (χ1v) is 5.12. The molecule has 0 saturated heterocycles. The van der Waals surface area contributed by atoms with Gasteiger partial charge >= 0.3 is 4.87 Å². The predicted octanol–water partition coefficient (Wildman–Crippen LogP) is 1.08. The largest absolute Gasteiger partial charge is 0.315 e. The maximum absolute atomic E-state index is 10.8. The second kappa shape index (κ2) is 3.41. The van der Waals surface area contributed by atoms with Gasteiger partial charge in [0, 0.05) is 23.7 Å². The van der Waals surface area contributed by atoms with Gasteiger partial charge in [-0.3, -0.25) is 4.79 Å². The molecule has 0 bridgehead atoms. The minimum Gasteiger partial charge on any atom is -0.315 e. The fourth-order valence-electron chi connectivity index (χ4n) is 1.27. The van der Waals surface area contributed by atoms with E-state index in [2.05, 4.69) is 10.3 Å². The summed E-state index contributed by atoms with van der Waals surface area (Å²) >= 11 is 1.23. The Morgan fingerprint density at radius 3 is 3.00 bits per heavy atom. The van der Waals surface area contributed by atoms with Crippen molar-refractivity contribution in [3.63, 3.8) is 0 Å². The van der Waals surface area contributed by atoms with Crippen LogP contribution in [0.4, 0.5) is 0 Å². The Morgan fingerprint density at radius 1 is 1.67 bits per heavy atom. The zero-order valence-corrected chi connectivity index (χ0v) is 7.62. The Balaban J connectivity index is 1.82. The molecule has 1 aliphatic carbocycles. The van der Waals surface area contributed by atoms with E-state index in [0.29, 0.717) is 6.04 Å². The van der Waals surface area contributed by atoms with Crippen molar-refractivity contribution in [2.45, 2.75) is 31.8 Å². The first-order chi connectivity index (χ1) is 5.84. The number of thiazole rings is 1. The summed E-state index contributed by atoms with van der Waals surface area (Å²) in [6.45, 7) is 0.809. The molecule has 0 aromatic carbocycles. The van der Waals surface area contributed by atoms with Crippen LogP contribution in [-0.2, 0) is 6.54 Å². The standard InChI is InChI=1S/C8H12N2OS/c11-8-10-7(5-12-8)4-9-6-2-1-3-6/h5-6,9H,1-4H2,(H,10,11). The van der Waals surface area contributed by atoms with Gasteiger partial charge in [0.15, 0.2) is 0 Å². The van der Waals surface area contributed by atoms with Crippen LogP contribution in [0.1, 0.15) is 25.0 Å². The lowest BCUT2D eigenvalue weighted by molar-refractivity contribution is 0.337. The third-order valence-corrected chi connectivity index (χ3v) is 2.98. The monoisotopic (exact) mass is 184 g/mol. The minimum absolute atomic E-state index is 0.0420. The van der Waals surface area contributed by atoms with E-state index in [-0.39, 0.29) is 4.87 Å². The maximum Gasteiger partial charge on any atom is 0.304 e. The second-order valence-corrected chi connectivity index (χ2v) is 4.02. The SMILES string of the molecule is O=c1[nH]c(CNC2CCC2)cs1. The number of hydrogen-bond donors (Lipinski definition) is 2. The van der Waals surface area contributed by atoms with Gasteiger partial charge in [0.25, 0.3) is 0 Å². The molecule has 0 spiro atoms. The Kier molecular flexibility index (Phi) is 2.28. The lowest BCUT2D eigenvalue weighted by atomic mass is 9.93. The van der Waals surface area contributed by atoms with Gasteiger partial charge in [-0.05, 0) is 12.8 Å². The maximum atomic E-state index is 10.8. The van der Waals surface area contributed by atoms with Crippen molar-refractivity contribution in [2.75, 3.05) is 0 Å². The van der Waals surface area contributed by atoms with E-state index in [9.17, 15) is 4.79 Å². The summed E-state index contributed by atoms with van der Waals surface area (Å²) in [5.41, 5.74) is 1.01. The van der Waals surface area contributed by atoms with Crippen molar-refractivity contribution in [1.29, 1.82) is 0 Å². The fraction of sp³-hybridized carbons (Fsp3) is 0.625. The van der Waals surface area contributed by atoms with E-state index in [1.54, 1.807) is 0 Å². The molecule has 66 valence electrons. The zero-order valence-electron chi connectivity index (χ0n) is 6.80. The summed E-state index contributed by atoms with van der Waals surface area (Å²) in [7, 11) is 0. The highest BCUT2D eigenvalue weighted by Crippen LogP contribution is 2.18. The molecule has 0 aliphatic heterocycles. The first-order valence-electron chi connectivity index (χ1n) is 4.24. The molecule has 0 unspecified atom stereocenters. The van der Waals surface area contributed by atoms with Crippen molar-refractivity contribution >= 4 is 11.3 Å². The molecule has 1 heterocycles. The molecule has 0 atom stereocenters. The molecule has 1 aromatic rings. The Bertz CT molecular complexity index is 300. The molecule has 4 heteroatoms. The van der Waals surface area contributed by atoms with Crippen LogP contribution in [0.3, 0.4) is 0 Å². The van der Waals surface area contributed by atoms with Crippen LogP contribution in [-0.4, -0.2) is 11.0 Å². The van der Waals surface area contributed by atoms with E-state index in [1.807, 2.05) is 5.38 Å². The Hall–Kier alpha value is -0.610. The van der Waals surface area contributed by atoms with Crippen molar-refractivity contribution < 1.29 is 0 Å². The van der Waals surface area contributed by atoms with Gasteiger partial charge < -0.3 is 10.3 Å². The summed E-state index contributed by atoms with van der Waals surface area (Å²) in [6.07, 6.45) is 3.92. The lowest BCUT2D eigenvalue weighted by Crippen LogP contribution is -2.34. The summed E-state index contributed by atoms with van der Waals surface area (Å²) in [4.78, 5) is 13.6. The van der Waals surface area contributed by atoms with Crippen LogP contribution in [0.15, 0.2) is 10.2 Å². The lowest BCUT2D eigenvalue weighted by Gasteiger charge is -2.26. The summed E-state index contributed by atoms with van der Waals surface area (Å²) in [6, 6.07) is 0.688. The molecule has 3 nitrogen and oxygen atoms in total. The van der Waals surface area contributed by atoms with Crippen molar-refractivity contribution in [2.24, 2.45) is 0 Å². The molecular weight excluding hydrogens is 172 g/mol. The normalized spacial score (nSPS) is 17.7. The number of H-pyrrole nitrogens is 1. The Labute approximate surface area is 74.8 Å². The molecule has 1 fully saturated rings. The summed E-state index contributed by atoms with van der Waals surface area (Å²) < 4.78 is 0. The molecule has 1 aliphatic rings. The molecule has 12 heavy (non-hydrogen) atoms. The number of rotatable bonds is 3. The van der Waals surface area contributed by atoms with Gasteiger partial charge in [0.1, 0.15) is 0 Å². The third-order valence-electron chi connectivity index (χ3n) is 2.26. The van der Waals surface area contributed by atoms with E-state index in [1.165, 1.54) is 30.6 Å². The molecule has 0 amide bonds. The fourth-order valence-corrected chi connectivity index (χ4v) is 1.85. The summed E-state index contributed by atoms with van der Waals surface area (Å²) in [5, 5.41) is 5.27. The minimum atomic E-state index is 0.0420. The van der Waals surface area contributed by atoms with Crippen molar-refractivity contribution in [3.8, 4) is 0 Å². The first kappa shape index (κ1) is 8.01. The molecule has 1 saturated carbocycles. The van der Waals surface area contributed by atoms with E-state index in [4.69, 9.17) is 0 Å². The smallest absolute Gasteiger partial charge is 0.304 e. The van der Waals surface area contributed by atoms with Gasteiger partial charge in [-0.1, -0.05) is 17.8 Å². The van der Waals surface area contributed by atoms with Gasteiger partial charge in [-0.2, -0.15) is 0 Å². The van der Waals surface area contributed by atoms with Gasteiger partial charge in [0.2, 0.25) is 0 Å². The Morgan fingerprint density at radius 2 is 2.50 bits per heavy atom. The topological polar surface area (TPSA) is 44.9 Å². The average Bonchev–Trinajstić information content (AvgIpc) is 2.32. The van der Waals surface area contributed by atoms with E-state index >= 15 is 0 Å². The molecule has 1 aromatic heterocycles. The van der Waals surface area contributed by atoms with Gasteiger partial charge in [-0.25, -0.2) is 0 Å². The number of aromatic amines is 1. The molecular formula is C8H12N2OS. The summed E-state index contributed by atoms with van der Waals surface area (Å²) in [5.74, 6) is 0. The van der Waals surface area contributed by atoms with Crippen LogP contribution in [0.5, 0.6) is 0 Å². The average molecular weight is 184 g/mol. The molecule has 2 rings (SSSR count). The van der Waals surface area contributed by atoms with E-state index < -0.39 is 0 Å². The highest BCUT2D eigenvalue weighted by atomic mass is 32.1. The molecule has 0 radical (unpaired) electrons. The van der Waals surface area contributed by atoms with Gasteiger partial charge in [0.05, 0.1) is 0 Å². The number of aromatic nitrogens is 1. The third kappa shape index (κ3) is 1.76. The van der Waals surface area contributed by atoms with Crippen LogP contribution < -0.4 is 10.2 Å². The molecule has 2 N–H and O–H groups in total. The van der Waals surface area contributed by atoms with E-state index in [0.717, 1.165) is 12.2 Å². The van der Waals surface area contributed by atoms with Crippen LogP contribution in [0.2, 0.25) is 0 Å². The highest BCUT2D eigenvalue weighted by Gasteiger charge is 2.16. The van der Waals surface area contributed by atoms with Gasteiger partial charge in [-0.15, -0.1) is 0 Å². The predicted molar refractivity (Wildman–Crippen MR) is 49.4 cm³/mol. The number of nitrogens with one attached hydrogen (secondary N) is 2.